The highest BCUT2D eigenvalue weighted by Gasteiger charge is 2.42. The summed E-state index contributed by atoms with van der Waals surface area (Å²) < 4.78 is 5.99. The molecule has 4 rings (SSSR count). The highest BCUT2D eigenvalue weighted by molar-refractivity contribution is 5.99. The van der Waals surface area contributed by atoms with E-state index in [1.165, 1.54) is 0 Å². The zero-order chi connectivity index (χ0) is 19.3. The second-order valence-corrected chi connectivity index (χ2v) is 7.13. The van der Waals surface area contributed by atoms with Crippen molar-refractivity contribution in [3.8, 4) is 5.75 Å². The molecular weight excluding hydrogens is 342 g/mol. The maximum Gasteiger partial charge on any atom is 0.290 e. The summed E-state index contributed by atoms with van der Waals surface area (Å²) in [5.41, 5.74) is 3.14. The molecule has 0 fully saturated rings. The quantitative estimate of drug-likeness (QED) is 0.761. The number of carbonyl (C=O) groups is 1. The van der Waals surface area contributed by atoms with Crippen molar-refractivity contribution in [2.75, 3.05) is 6.54 Å². The van der Waals surface area contributed by atoms with Crippen molar-refractivity contribution in [2.24, 2.45) is 0 Å². The first-order valence-corrected chi connectivity index (χ1v) is 9.10. The first-order valence-electron chi connectivity index (χ1n) is 9.10. The summed E-state index contributed by atoms with van der Waals surface area (Å²) in [6, 6.07) is 9.89. The Bertz CT molecular complexity index is 1130. The number of aryl methyl sites for hydroxylation is 2. The van der Waals surface area contributed by atoms with Gasteiger partial charge in [-0.2, -0.15) is 0 Å². The Labute approximate surface area is 156 Å². The van der Waals surface area contributed by atoms with Gasteiger partial charge in [-0.1, -0.05) is 25.1 Å². The molecular formula is C22H21NO4. The Kier molecular flexibility index (Phi) is 4.02. The van der Waals surface area contributed by atoms with Crippen molar-refractivity contribution in [3.63, 3.8) is 0 Å². The number of nitrogens with zero attached hydrogens (tertiary/aromatic N) is 1. The fourth-order valence-electron chi connectivity index (χ4n) is 3.99. The maximum atomic E-state index is 13.4. The van der Waals surface area contributed by atoms with E-state index in [-0.39, 0.29) is 22.8 Å². The van der Waals surface area contributed by atoms with Crippen LogP contribution < -0.4 is 5.43 Å². The third kappa shape index (κ3) is 2.62. The highest BCUT2D eigenvalue weighted by Crippen LogP contribution is 2.39. The molecule has 0 saturated carbocycles. The monoisotopic (exact) mass is 363 g/mol. The Morgan fingerprint density at radius 1 is 1.15 bits per heavy atom. The maximum absolute atomic E-state index is 13.4. The number of benzene rings is 2. The SMILES string of the molecule is CCCN1C(=O)c2oc3c(C)cc(C)cc3c(=O)c2C1c1cccc(O)c1. The molecule has 27 heavy (non-hydrogen) atoms. The number of hydrogen-bond donors (Lipinski definition) is 1. The number of phenolic OH excluding ortho intramolecular Hbond substituents is 1. The molecule has 1 aliphatic heterocycles. The van der Waals surface area contributed by atoms with Crippen LogP contribution in [-0.4, -0.2) is 22.5 Å². The van der Waals surface area contributed by atoms with Gasteiger partial charge in [0.25, 0.3) is 5.91 Å². The zero-order valence-corrected chi connectivity index (χ0v) is 15.6. The highest BCUT2D eigenvalue weighted by atomic mass is 16.3. The second-order valence-electron chi connectivity index (χ2n) is 7.13. The minimum Gasteiger partial charge on any atom is -0.508 e. The van der Waals surface area contributed by atoms with Crippen molar-refractivity contribution in [3.05, 3.63) is 74.6 Å². The topological polar surface area (TPSA) is 70.8 Å². The number of aromatic hydroxyl groups is 1. The van der Waals surface area contributed by atoms with Gasteiger partial charge in [0.15, 0.2) is 5.43 Å². The van der Waals surface area contributed by atoms with Crippen LogP contribution in [0.2, 0.25) is 0 Å². The molecule has 5 heteroatoms. The molecule has 0 bridgehead atoms. The van der Waals surface area contributed by atoms with Gasteiger partial charge in [-0.05, 0) is 55.2 Å². The van der Waals surface area contributed by atoms with Crippen LogP contribution in [0.4, 0.5) is 0 Å². The molecule has 0 aliphatic carbocycles. The van der Waals surface area contributed by atoms with E-state index in [4.69, 9.17) is 4.42 Å². The molecule has 1 aliphatic rings. The molecule has 0 radical (unpaired) electrons. The van der Waals surface area contributed by atoms with E-state index in [0.717, 1.165) is 17.5 Å². The third-order valence-electron chi connectivity index (χ3n) is 5.05. The summed E-state index contributed by atoms with van der Waals surface area (Å²) in [5, 5.41) is 10.4. The molecule has 2 heterocycles. The van der Waals surface area contributed by atoms with Crippen molar-refractivity contribution < 1.29 is 14.3 Å². The van der Waals surface area contributed by atoms with Gasteiger partial charge in [-0.15, -0.1) is 0 Å². The molecule has 3 aromatic rings. The lowest BCUT2D eigenvalue weighted by molar-refractivity contribution is 0.0728. The van der Waals surface area contributed by atoms with Gasteiger partial charge in [-0.3, -0.25) is 9.59 Å². The molecule has 2 aromatic carbocycles. The van der Waals surface area contributed by atoms with Crippen LogP contribution in [0, 0.1) is 13.8 Å². The summed E-state index contributed by atoms with van der Waals surface area (Å²) in [6.07, 6.45) is 0.751. The summed E-state index contributed by atoms with van der Waals surface area (Å²) in [6.45, 7) is 6.28. The number of carbonyl (C=O) groups excluding carboxylic acids is 1. The van der Waals surface area contributed by atoms with E-state index in [9.17, 15) is 14.7 Å². The predicted molar refractivity (Wildman–Crippen MR) is 103 cm³/mol. The van der Waals surface area contributed by atoms with Crippen LogP contribution in [-0.2, 0) is 0 Å². The number of amides is 1. The normalized spacial score (nSPS) is 16.2. The van der Waals surface area contributed by atoms with E-state index in [1.807, 2.05) is 32.9 Å². The summed E-state index contributed by atoms with van der Waals surface area (Å²) >= 11 is 0. The van der Waals surface area contributed by atoms with E-state index < -0.39 is 6.04 Å². The second kappa shape index (κ2) is 6.27. The molecule has 1 aromatic heterocycles. The summed E-state index contributed by atoms with van der Waals surface area (Å²) in [4.78, 5) is 28.1. The minimum atomic E-state index is -0.555. The molecule has 0 saturated heterocycles. The van der Waals surface area contributed by atoms with Crippen molar-refractivity contribution in [2.45, 2.75) is 33.2 Å². The minimum absolute atomic E-state index is 0.0988. The Balaban J connectivity index is 2.05. The average molecular weight is 363 g/mol. The van der Waals surface area contributed by atoms with Gasteiger partial charge in [0.2, 0.25) is 5.76 Å². The molecule has 1 N–H and O–H groups in total. The Hall–Kier alpha value is -3.08. The average Bonchev–Trinajstić information content (AvgIpc) is 2.89. The van der Waals surface area contributed by atoms with Crippen molar-refractivity contribution in [1.29, 1.82) is 0 Å². The van der Waals surface area contributed by atoms with E-state index in [1.54, 1.807) is 29.2 Å². The van der Waals surface area contributed by atoms with Crippen LogP contribution in [0.15, 0.2) is 45.6 Å². The third-order valence-corrected chi connectivity index (χ3v) is 5.05. The van der Waals surface area contributed by atoms with Gasteiger partial charge in [0.05, 0.1) is 17.0 Å². The zero-order valence-electron chi connectivity index (χ0n) is 15.6. The largest absolute Gasteiger partial charge is 0.508 e. The van der Waals surface area contributed by atoms with Gasteiger partial charge >= 0.3 is 0 Å². The lowest BCUT2D eigenvalue weighted by Gasteiger charge is -2.24. The van der Waals surface area contributed by atoms with Gasteiger partial charge < -0.3 is 14.4 Å². The molecule has 1 unspecified atom stereocenters. The van der Waals surface area contributed by atoms with Crippen LogP contribution in [0.1, 0.15) is 52.2 Å². The van der Waals surface area contributed by atoms with Gasteiger partial charge in [0, 0.05) is 6.54 Å². The first-order chi connectivity index (χ1) is 12.9. The fourth-order valence-corrected chi connectivity index (χ4v) is 3.99. The van der Waals surface area contributed by atoms with Crippen molar-refractivity contribution in [1.82, 2.24) is 4.90 Å². The molecule has 138 valence electrons. The van der Waals surface area contributed by atoms with Crippen molar-refractivity contribution >= 4 is 16.9 Å². The lowest BCUT2D eigenvalue weighted by atomic mass is 9.97. The van der Waals surface area contributed by atoms with Crippen LogP contribution in [0.25, 0.3) is 11.0 Å². The molecule has 5 nitrogen and oxygen atoms in total. The smallest absolute Gasteiger partial charge is 0.290 e. The Morgan fingerprint density at radius 3 is 2.63 bits per heavy atom. The van der Waals surface area contributed by atoms with Crippen LogP contribution in [0.3, 0.4) is 0 Å². The van der Waals surface area contributed by atoms with Crippen LogP contribution >= 0.6 is 0 Å². The standard InChI is InChI=1S/C22H21NO4/c1-4-8-23-18(14-6-5-7-15(24)11-14)17-19(25)16-10-12(2)9-13(3)20(16)27-21(17)22(23)26/h5-7,9-11,18,24H,4,8H2,1-3H3. The van der Waals surface area contributed by atoms with Crippen LogP contribution in [0.5, 0.6) is 5.75 Å². The summed E-state index contributed by atoms with van der Waals surface area (Å²) in [5.74, 6) is -0.0675. The molecule has 0 spiro atoms. The number of fused-ring (bicyclic) bond motifs is 2. The molecule has 1 amide bonds. The first kappa shape index (κ1) is 17.3. The van der Waals surface area contributed by atoms with Gasteiger partial charge in [0.1, 0.15) is 11.3 Å². The predicted octanol–water partition coefficient (Wildman–Crippen LogP) is 4.07. The Morgan fingerprint density at radius 2 is 1.93 bits per heavy atom. The van der Waals surface area contributed by atoms with E-state index >= 15 is 0 Å². The summed E-state index contributed by atoms with van der Waals surface area (Å²) in [7, 11) is 0. The number of phenols is 1. The van der Waals surface area contributed by atoms with E-state index in [2.05, 4.69) is 0 Å². The van der Waals surface area contributed by atoms with Gasteiger partial charge in [-0.25, -0.2) is 0 Å². The van der Waals surface area contributed by atoms with E-state index in [0.29, 0.717) is 28.6 Å². The fraction of sp³-hybridized carbons (Fsp3) is 0.273. The lowest BCUT2D eigenvalue weighted by Crippen LogP contribution is -2.30. The molecule has 1 atom stereocenters. The number of hydrogen-bond acceptors (Lipinski definition) is 4. The number of rotatable bonds is 3.